The van der Waals surface area contributed by atoms with Crippen molar-refractivity contribution in [3.63, 3.8) is 0 Å². The van der Waals surface area contributed by atoms with Crippen LogP contribution in [0, 0.1) is 0 Å². The smallest absolute Gasteiger partial charge is 0.181 e. The predicted molar refractivity (Wildman–Crippen MR) is 53.4 cm³/mol. The molecular weight excluding hydrogens is 178 g/mol. The molecular formula is C10H9N3O. The average molecular weight is 187 g/mol. The Labute approximate surface area is 80.7 Å². The maximum Gasteiger partial charge on any atom is 0.181 e. The standard InChI is InChI=1S/C10H9N3O/c1-2-8-9(14-6-13-8)5-7(1)10-11-3-4-12-10/h1-2,5-6H,3-4H2,(H,11,12). The van der Waals surface area contributed by atoms with E-state index in [0.29, 0.717) is 0 Å². The molecule has 1 N–H and O–H groups in total. The van der Waals surface area contributed by atoms with Crippen LogP contribution in [0.25, 0.3) is 11.1 Å². The van der Waals surface area contributed by atoms with Gasteiger partial charge in [-0.15, -0.1) is 0 Å². The minimum Gasteiger partial charge on any atom is -0.443 e. The molecule has 0 amide bonds. The molecule has 0 saturated heterocycles. The Morgan fingerprint density at radius 1 is 1.36 bits per heavy atom. The van der Waals surface area contributed by atoms with Gasteiger partial charge in [-0.25, -0.2) is 4.98 Å². The molecule has 1 aromatic carbocycles. The van der Waals surface area contributed by atoms with Crippen molar-refractivity contribution in [2.45, 2.75) is 0 Å². The summed E-state index contributed by atoms with van der Waals surface area (Å²) in [4.78, 5) is 8.40. The molecule has 0 aliphatic carbocycles. The quantitative estimate of drug-likeness (QED) is 0.729. The van der Waals surface area contributed by atoms with Crippen molar-refractivity contribution in [1.29, 1.82) is 0 Å². The van der Waals surface area contributed by atoms with E-state index in [1.54, 1.807) is 0 Å². The molecule has 1 aliphatic heterocycles. The van der Waals surface area contributed by atoms with Crippen LogP contribution >= 0.6 is 0 Å². The molecule has 4 heteroatoms. The summed E-state index contributed by atoms with van der Waals surface area (Å²) in [5, 5.41) is 3.22. The van der Waals surface area contributed by atoms with Gasteiger partial charge in [0.1, 0.15) is 11.4 Å². The number of nitrogens with zero attached hydrogens (tertiary/aromatic N) is 2. The first-order valence-corrected chi connectivity index (χ1v) is 4.55. The van der Waals surface area contributed by atoms with Crippen molar-refractivity contribution in [2.24, 2.45) is 4.99 Å². The van der Waals surface area contributed by atoms with E-state index in [-0.39, 0.29) is 0 Å². The van der Waals surface area contributed by atoms with Crippen LogP contribution in [-0.4, -0.2) is 23.9 Å². The molecule has 2 aromatic rings. The lowest BCUT2D eigenvalue weighted by Gasteiger charge is -2.00. The highest BCUT2D eigenvalue weighted by Crippen LogP contribution is 2.14. The van der Waals surface area contributed by atoms with E-state index in [2.05, 4.69) is 15.3 Å². The number of aromatic nitrogens is 1. The topological polar surface area (TPSA) is 50.4 Å². The minimum atomic E-state index is 0.805. The molecule has 2 heterocycles. The lowest BCUT2D eigenvalue weighted by Crippen LogP contribution is -2.19. The SMILES string of the molecule is c1nc2ccc(C3=NCCN3)cc2o1. The van der Waals surface area contributed by atoms with E-state index >= 15 is 0 Å². The molecule has 1 aliphatic rings. The van der Waals surface area contributed by atoms with E-state index in [9.17, 15) is 0 Å². The largest absolute Gasteiger partial charge is 0.443 e. The summed E-state index contributed by atoms with van der Waals surface area (Å²) in [5.41, 5.74) is 2.75. The van der Waals surface area contributed by atoms with Gasteiger partial charge < -0.3 is 9.73 Å². The Bertz CT molecular complexity index is 501. The number of nitrogens with one attached hydrogen (secondary N) is 1. The van der Waals surface area contributed by atoms with Crippen LogP contribution in [0.15, 0.2) is 34.0 Å². The van der Waals surface area contributed by atoms with Crippen LogP contribution in [0.3, 0.4) is 0 Å². The van der Waals surface area contributed by atoms with Gasteiger partial charge in [-0.05, 0) is 18.2 Å². The van der Waals surface area contributed by atoms with Crippen molar-refractivity contribution >= 4 is 16.9 Å². The second-order valence-electron chi connectivity index (χ2n) is 3.19. The third-order valence-electron chi connectivity index (χ3n) is 2.28. The van der Waals surface area contributed by atoms with Crippen LogP contribution in [0.2, 0.25) is 0 Å². The van der Waals surface area contributed by atoms with E-state index < -0.39 is 0 Å². The van der Waals surface area contributed by atoms with Gasteiger partial charge in [-0.2, -0.15) is 0 Å². The van der Waals surface area contributed by atoms with Gasteiger partial charge in [0.2, 0.25) is 0 Å². The van der Waals surface area contributed by atoms with Gasteiger partial charge >= 0.3 is 0 Å². The van der Waals surface area contributed by atoms with E-state index in [0.717, 1.165) is 35.6 Å². The lowest BCUT2D eigenvalue weighted by molar-refractivity contribution is 0.602. The summed E-state index contributed by atoms with van der Waals surface area (Å²) < 4.78 is 5.22. The molecule has 4 nitrogen and oxygen atoms in total. The number of hydrogen-bond donors (Lipinski definition) is 1. The molecule has 1 aromatic heterocycles. The Morgan fingerprint density at radius 2 is 2.36 bits per heavy atom. The summed E-state index contributed by atoms with van der Waals surface area (Å²) >= 11 is 0. The van der Waals surface area contributed by atoms with Gasteiger partial charge in [-0.3, -0.25) is 4.99 Å². The third kappa shape index (κ3) is 1.08. The van der Waals surface area contributed by atoms with Gasteiger partial charge in [-0.1, -0.05) is 0 Å². The van der Waals surface area contributed by atoms with Crippen molar-refractivity contribution in [3.8, 4) is 0 Å². The fraction of sp³-hybridized carbons (Fsp3) is 0.200. The normalized spacial score (nSPS) is 15.6. The Hall–Kier alpha value is -1.84. The second kappa shape index (κ2) is 2.83. The number of fused-ring (bicyclic) bond motifs is 1. The summed E-state index contributed by atoms with van der Waals surface area (Å²) in [6, 6.07) is 5.90. The first kappa shape index (κ1) is 7.55. The zero-order chi connectivity index (χ0) is 9.38. The first-order chi connectivity index (χ1) is 6.93. The van der Waals surface area contributed by atoms with Crippen LogP contribution in [-0.2, 0) is 0 Å². The molecule has 70 valence electrons. The van der Waals surface area contributed by atoms with Crippen molar-refractivity contribution in [1.82, 2.24) is 10.3 Å². The molecule has 0 bridgehead atoms. The monoisotopic (exact) mass is 187 g/mol. The van der Waals surface area contributed by atoms with Gasteiger partial charge in [0, 0.05) is 12.1 Å². The number of rotatable bonds is 1. The zero-order valence-corrected chi connectivity index (χ0v) is 7.53. The summed E-state index contributed by atoms with van der Waals surface area (Å²) in [5.74, 6) is 0.948. The molecule has 0 fully saturated rings. The first-order valence-electron chi connectivity index (χ1n) is 4.55. The van der Waals surface area contributed by atoms with E-state index in [1.807, 2.05) is 18.2 Å². The van der Waals surface area contributed by atoms with Crippen LogP contribution in [0.5, 0.6) is 0 Å². The maximum absolute atomic E-state index is 5.22. The highest BCUT2D eigenvalue weighted by molar-refractivity contribution is 6.01. The Kier molecular flexibility index (Phi) is 1.53. The molecule has 0 atom stereocenters. The van der Waals surface area contributed by atoms with E-state index in [4.69, 9.17) is 4.42 Å². The molecule has 0 unspecified atom stereocenters. The molecule has 3 rings (SSSR count). The minimum absolute atomic E-state index is 0.805. The molecule has 0 spiro atoms. The van der Waals surface area contributed by atoms with Crippen LogP contribution < -0.4 is 5.32 Å². The van der Waals surface area contributed by atoms with Gasteiger partial charge in [0.15, 0.2) is 12.0 Å². The second-order valence-corrected chi connectivity index (χ2v) is 3.19. The van der Waals surface area contributed by atoms with Gasteiger partial charge in [0.25, 0.3) is 0 Å². The van der Waals surface area contributed by atoms with Crippen LogP contribution in [0.4, 0.5) is 0 Å². The zero-order valence-electron chi connectivity index (χ0n) is 7.53. The molecule has 0 radical (unpaired) electrons. The Morgan fingerprint density at radius 3 is 3.21 bits per heavy atom. The highest BCUT2D eigenvalue weighted by Gasteiger charge is 2.09. The number of oxazole rings is 1. The lowest BCUT2D eigenvalue weighted by atomic mass is 10.2. The highest BCUT2D eigenvalue weighted by atomic mass is 16.3. The summed E-state index contributed by atoms with van der Waals surface area (Å²) in [6.45, 7) is 1.77. The fourth-order valence-corrected chi connectivity index (χ4v) is 1.59. The average Bonchev–Trinajstić information content (AvgIpc) is 2.88. The van der Waals surface area contributed by atoms with Crippen LogP contribution in [0.1, 0.15) is 5.56 Å². The summed E-state index contributed by atoms with van der Waals surface area (Å²) in [6.07, 6.45) is 1.46. The maximum atomic E-state index is 5.22. The van der Waals surface area contributed by atoms with Crippen molar-refractivity contribution < 1.29 is 4.42 Å². The van der Waals surface area contributed by atoms with Gasteiger partial charge in [0.05, 0.1) is 6.54 Å². The number of hydrogen-bond acceptors (Lipinski definition) is 4. The fourth-order valence-electron chi connectivity index (χ4n) is 1.59. The summed E-state index contributed by atoms with van der Waals surface area (Å²) in [7, 11) is 0. The van der Waals surface area contributed by atoms with Crippen molar-refractivity contribution in [2.75, 3.05) is 13.1 Å². The van der Waals surface area contributed by atoms with E-state index in [1.165, 1.54) is 6.39 Å². The number of benzene rings is 1. The molecule has 0 saturated carbocycles. The number of amidine groups is 1. The predicted octanol–water partition coefficient (Wildman–Crippen LogP) is 1.18. The third-order valence-corrected chi connectivity index (χ3v) is 2.28. The Balaban J connectivity index is 2.13. The molecule has 14 heavy (non-hydrogen) atoms. The van der Waals surface area contributed by atoms with Crippen molar-refractivity contribution in [3.05, 3.63) is 30.2 Å². The number of aliphatic imine (C=N–C) groups is 1.